The van der Waals surface area contributed by atoms with Gasteiger partial charge in [0.2, 0.25) is 9.84 Å². The van der Waals surface area contributed by atoms with E-state index in [9.17, 15) is 13.2 Å². The van der Waals surface area contributed by atoms with E-state index in [1.54, 1.807) is 12.2 Å². The van der Waals surface area contributed by atoms with Crippen LogP contribution in [-0.2, 0) is 24.8 Å². The molecule has 1 heterocycles. The summed E-state index contributed by atoms with van der Waals surface area (Å²) in [6.07, 6.45) is 6.52. The lowest BCUT2D eigenvalue weighted by atomic mass is 9.70. The quantitative estimate of drug-likeness (QED) is 0.800. The first-order valence-electron chi connectivity index (χ1n) is 7.44. The molecule has 2 unspecified atom stereocenters. The van der Waals surface area contributed by atoms with Gasteiger partial charge in [-0.1, -0.05) is 56.3 Å². The van der Waals surface area contributed by atoms with Gasteiger partial charge in [-0.15, -0.1) is 0 Å². The third-order valence-electron chi connectivity index (χ3n) is 4.62. The van der Waals surface area contributed by atoms with E-state index in [4.69, 9.17) is 4.74 Å². The summed E-state index contributed by atoms with van der Waals surface area (Å²) in [4.78, 5) is 11.5. The third-order valence-corrected chi connectivity index (χ3v) is 6.40. The van der Waals surface area contributed by atoms with Crippen molar-refractivity contribution in [2.75, 3.05) is 6.61 Å². The lowest BCUT2D eigenvalue weighted by Crippen LogP contribution is -2.30. The minimum atomic E-state index is -3.85. The van der Waals surface area contributed by atoms with Crippen molar-refractivity contribution in [2.24, 2.45) is 5.92 Å². The van der Waals surface area contributed by atoms with Crippen molar-refractivity contribution < 1.29 is 17.9 Å². The van der Waals surface area contributed by atoms with Crippen LogP contribution in [-0.4, -0.2) is 21.0 Å². The second-order valence-corrected chi connectivity index (χ2v) is 7.93. The van der Waals surface area contributed by atoms with Crippen LogP contribution in [0.4, 0.5) is 0 Å². The summed E-state index contributed by atoms with van der Waals surface area (Å²) >= 11 is 0. The van der Waals surface area contributed by atoms with E-state index >= 15 is 0 Å². The lowest BCUT2D eigenvalue weighted by Gasteiger charge is -2.35. The monoisotopic (exact) mass is 330 g/mol. The van der Waals surface area contributed by atoms with Gasteiger partial charge in [0.15, 0.2) is 4.91 Å². The Bertz CT molecular complexity index is 831. The van der Waals surface area contributed by atoms with Crippen LogP contribution in [0.25, 0.3) is 0 Å². The predicted molar refractivity (Wildman–Crippen MR) is 88.1 cm³/mol. The molecule has 2 atom stereocenters. The zero-order valence-electron chi connectivity index (χ0n) is 13.0. The smallest absolute Gasteiger partial charge is 0.350 e. The Labute approximate surface area is 136 Å². The Morgan fingerprint density at radius 3 is 2.52 bits per heavy atom. The van der Waals surface area contributed by atoms with Gasteiger partial charge in [-0.25, -0.2) is 13.2 Å². The molecule has 0 spiro atoms. The van der Waals surface area contributed by atoms with Crippen LogP contribution in [0.3, 0.4) is 0 Å². The Hall–Kier alpha value is -2.14. The number of hydrogen-bond acceptors (Lipinski definition) is 4. The van der Waals surface area contributed by atoms with Gasteiger partial charge in [0.25, 0.3) is 0 Å². The first-order valence-corrected chi connectivity index (χ1v) is 8.93. The normalized spacial score (nSPS) is 27.4. The number of ether oxygens (including phenoxy) is 1. The van der Waals surface area contributed by atoms with E-state index in [0.29, 0.717) is 0 Å². The molecule has 0 fully saturated rings. The van der Waals surface area contributed by atoms with Gasteiger partial charge in [0.1, 0.15) is 6.61 Å². The summed E-state index contributed by atoms with van der Waals surface area (Å²) in [5.41, 5.74) is 0.578. The number of rotatable bonds is 3. The van der Waals surface area contributed by atoms with E-state index in [2.05, 4.69) is 0 Å². The molecule has 1 aliphatic carbocycles. The predicted octanol–water partition coefficient (Wildman–Crippen LogP) is 2.89. The number of sulfone groups is 1. The van der Waals surface area contributed by atoms with E-state index in [-0.39, 0.29) is 22.3 Å². The highest BCUT2D eigenvalue weighted by Gasteiger charge is 2.38. The first kappa shape index (κ1) is 15.7. The zero-order valence-corrected chi connectivity index (χ0v) is 13.8. The largest absolute Gasteiger partial charge is 0.457 e. The molecular formula is C18H18O4S. The van der Waals surface area contributed by atoms with E-state index in [0.717, 1.165) is 5.56 Å². The molecule has 5 heteroatoms. The molecule has 23 heavy (non-hydrogen) atoms. The maximum Gasteiger partial charge on any atom is 0.350 e. The van der Waals surface area contributed by atoms with Gasteiger partial charge in [0, 0.05) is 5.41 Å². The third kappa shape index (κ3) is 2.55. The van der Waals surface area contributed by atoms with Gasteiger partial charge >= 0.3 is 5.97 Å². The zero-order chi connectivity index (χ0) is 16.7. The highest BCUT2D eigenvalue weighted by atomic mass is 32.2. The van der Waals surface area contributed by atoms with Crippen molar-refractivity contribution in [1.29, 1.82) is 0 Å². The molecule has 0 N–H and O–H groups in total. The number of carbonyl (C=O) groups is 1. The number of carbonyl (C=O) groups excluding carboxylic acids is 1. The molecule has 0 saturated heterocycles. The fourth-order valence-corrected chi connectivity index (χ4v) is 4.40. The molecule has 0 bridgehead atoms. The van der Waals surface area contributed by atoms with Gasteiger partial charge < -0.3 is 4.74 Å². The van der Waals surface area contributed by atoms with Crippen molar-refractivity contribution >= 4 is 15.8 Å². The van der Waals surface area contributed by atoms with Crippen molar-refractivity contribution in [3.05, 3.63) is 70.0 Å². The van der Waals surface area contributed by atoms with Crippen LogP contribution in [0.15, 0.2) is 64.4 Å². The van der Waals surface area contributed by atoms with Crippen LogP contribution in [0.2, 0.25) is 0 Å². The molecule has 120 valence electrons. The maximum atomic E-state index is 12.7. The van der Waals surface area contributed by atoms with E-state index in [1.807, 2.05) is 50.3 Å². The average Bonchev–Trinajstić information content (AvgIpc) is 2.98. The summed E-state index contributed by atoms with van der Waals surface area (Å²) in [5, 5.41) is 0. The van der Waals surface area contributed by atoms with Crippen LogP contribution in [0.5, 0.6) is 0 Å². The molecule has 1 aromatic carbocycles. The Kier molecular flexibility index (Phi) is 3.76. The fourth-order valence-electron chi connectivity index (χ4n) is 2.92. The van der Waals surface area contributed by atoms with Crippen LogP contribution < -0.4 is 0 Å². The standard InChI is InChI=1S/C18H18O4S/c1-13-8-9-15(23(20,21)16-10-11-22-17(16)19)12-18(13,2)14-6-4-3-5-7-14/h3-10,12-13H,11H2,1-2H3. The summed E-state index contributed by atoms with van der Waals surface area (Å²) in [6.45, 7) is 4.07. The van der Waals surface area contributed by atoms with Crippen molar-refractivity contribution in [3.8, 4) is 0 Å². The van der Waals surface area contributed by atoms with E-state index in [1.165, 1.54) is 6.08 Å². The van der Waals surface area contributed by atoms with Gasteiger partial charge in [-0.2, -0.15) is 0 Å². The van der Waals surface area contributed by atoms with Crippen molar-refractivity contribution in [2.45, 2.75) is 19.3 Å². The summed E-state index contributed by atoms with van der Waals surface area (Å²) in [7, 11) is -3.85. The number of allylic oxidation sites excluding steroid dienone is 3. The molecule has 1 aliphatic heterocycles. The Balaban J connectivity index is 2.09. The highest BCUT2D eigenvalue weighted by Crippen LogP contribution is 2.40. The first-order chi connectivity index (χ1) is 10.9. The SMILES string of the molecule is CC1C=CC(S(=O)(=O)C2=CCOC2=O)=CC1(C)c1ccccc1. The van der Waals surface area contributed by atoms with Gasteiger partial charge in [-0.05, 0) is 23.6 Å². The average molecular weight is 330 g/mol. The summed E-state index contributed by atoms with van der Waals surface area (Å²) in [5.74, 6) is -0.646. The maximum absolute atomic E-state index is 12.7. The minimum Gasteiger partial charge on any atom is -0.457 e. The van der Waals surface area contributed by atoms with Crippen molar-refractivity contribution in [3.63, 3.8) is 0 Å². The molecule has 0 amide bonds. The molecule has 0 aromatic heterocycles. The lowest BCUT2D eigenvalue weighted by molar-refractivity contribution is -0.135. The second-order valence-electron chi connectivity index (χ2n) is 6.01. The molecule has 2 aliphatic rings. The molecule has 0 saturated carbocycles. The number of hydrogen-bond donors (Lipinski definition) is 0. The van der Waals surface area contributed by atoms with Crippen LogP contribution in [0, 0.1) is 5.92 Å². The van der Waals surface area contributed by atoms with E-state index < -0.39 is 21.2 Å². The van der Waals surface area contributed by atoms with Gasteiger partial charge in [-0.3, -0.25) is 0 Å². The van der Waals surface area contributed by atoms with Crippen LogP contribution in [0.1, 0.15) is 19.4 Å². The number of esters is 1. The highest BCUT2D eigenvalue weighted by molar-refractivity contribution is 8.00. The van der Waals surface area contributed by atoms with Crippen molar-refractivity contribution in [1.82, 2.24) is 0 Å². The second kappa shape index (κ2) is 5.49. The minimum absolute atomic E-state index is 0.0107. The Morgan fingerprint density at radius 2 is 1.91 bits per heavy atom. The molecule has 3 rings (SSSR count). The summed E-state index contributed by atoms with van der Waals surface area (Å²) in [6, 6.07) is 9.77. The number of cyclic esters (lactones) is 1. The Morgan fingerprint density at radius 1 is 1.22 bits per heavy atom. The topological polar surface area (TPSA) is 60.4 Å². The van der Waals surface area contributed by atoms with Crippen LogP contribution >= 0.6 is 0 Å². The fraction of sp³-hybridized carbons (Fsp3) is 0.278. The molecule has 4 nitrogen and oxygen atoms in total. The molecular weight excluding hydrogens is 312 g/mol. The van der Waals surface area contributed by atoms with Gasteiger partial charge in [0.05, 0.1) is 4.91 Å². The number of benzene rings is 1. The summed E-state index contributed by atoms with van der Waals surface area (Å²) < 4.78 is 30.2. The molecule has 1 aromatic rings. The molecule has 0 radical (unpaired) electrons.